The minimum atomic E-state index is -0.358. The minimum absolute atomic E-state index is 0.0330. The maximum Gasteiger partial charge on any atom is 0.237 e. The average molecular weight is 186 g/mol. The first kappa shape index (κ1) is 10.5. The molecule has 1 fully saturated rings. The van der Waals surface area contributed by atoms with E-state index in [0.717, 1.165) is 26.1 Å². The lowest BCUT2D eigenvalue weighted by atomic mass is 10.1. The molecular weight excluding hydrogens is 168 g/mol. The number of rotatable bonds is 3. The molecule has 76 valence electrons. The van der Waals surface area contributed by atoms with Crippen LogP contribution in [0.25, 0.3) is 0 Å². The lowest BCUT2D eigenvalue weighted by molar-refractivity contribution is -0.123. The topological polar surface area (TPSA) is 64.4 Å². The first-order valence-electron chi connectivity index (χ1n) is 4.87. The number of ether oxygens (including phenoxy) is 1. The van der Waals surface area contributed by atoms with Gasteiger partial charge in [0.25, 0.3) is 0 Å². The number of hydrogen-bond donors (Lipinski definition) is 2. The molecular formula is C9H18N2O2. The summed E-state index contributed by atoms with van der Waals surface area (Å²) >= 11 is 0. The third-order valence-electron chi connectivity index (χ3n) is 2.34. The molecule has 0 unspecified atom stereocenters. The van der Waals surface area contributed by atoms with Crippen LogP contribution in [-0.2, 0) is 9.53 Å². The van der Waals surface area contributed by atoms with Crippen LogP contribution in [0.15, 0.2) is 0 Å². The van der Waals surface area contributed by atoms with E-state index in [1.807, 2.05) is 6.92 Å². The third kappa shape index (κ3) is 3.32. The molecule has 0 radical (unpaired) electrons. The Morgan fingerprint density at radius 2 is 2.23 bits per heavy atom. The van der Waals surface area contributed by atoms with Crippen LogP contribution in [0, 0.1) is 0 Å². The van der Waals surface area contributed by atoms with Crippen LogP contribution < -0.4 is 11.1 Å². The molecule has 0 spiro atoms. The molecule has 0 aromatic carbocycles. The highest BCUT2D eigenvalue weighted by Crippen LogP contribution is 2.06. The number of nitrogens with two attached hydrogens (primary N) is 1. The zero-order valence-corrected chi connectivity index (χ0v) is 8.08. The maximum absolute atomic E-state index is 11.4. The molecule has 0 bridgehead atoms. The van der Waals surface area contributed by atoms with Crippen LogP contribution in [0.4, 0.5) is 0 Å². The molecule has 3 N–H and O–H groups in total. The van der Waals surface area contributed by atoms with Crippen molar-refractivity contribution in [3.63, 3.8) is 0 Å². The van der Waals surface area contributed by atoms with Crippen molar-refractivity contribution in [3.8, 4) is 0 Å². The second kappa shape index (κ2) is 5.19. The number of hydrogen-bond acceptors (Lipinski definition) is 3. The van der Waals surface area contributed by atoms with E-state index >= 15 is 0 Å². The van der Waals surface area contributed by atoms with Gasteiger partial charge in [-0.15, -0.1) is 0 Å². The summed E-state index contributed by atoms with van der Waals surface area (Å²) in [7, 11) is 0. The van der Waals surface area contributed by atoms with Gasteiger partial charge in [0.2, 0.25) is 5.91 Å². The van der Waals surface area contributed by atoms with Gasteiger partial charge in [-0.1, -0.05) is 6.92 Å². The second-order valence-electron chi connectivity index (χ2n) is 3.41. The van der Waals surface area contributed by atoms with Crippen LogP contribution in [0.3, 0.4) is 0 Å². The van der Waals surface area contributed by atoms with Gasteiger partial charge < -0.3 is 15.8 Å². The highest BCUT2D eigenvalue weighted by molar-refractivity contribution is 5.81. The predicted molar refractivity (Wildman–Crippen MR) is 50.3 cm³/mol. The quantitative estimate of drug-likeness (QED) is 0.653. The van der Waals surface area contributed by atoms with Gasteiger partial charge in [0, 0.05) is 19.3 Å². The molecule has 1 saturated heterocycles. The fraction of sp³-hybridized carbons (Fsp3) is 0.889. The van der Waals surface area contributed by atoms with Gasteiger partial charge in [-0.2, -0.15) is 0 Å². The summed E-state index contributed by atoms with van der Waals surface area (Å²) in [6.07, 6.45) is 2.50. The molecule has 4 heteroatoms. The van der Waals surface area contributed by atoms with Crippen molar-refractivity contribution in [2.45, 2.75) is 38.3 Å². The summed E-state index contributed by atoms with van der Waals surface area (Å²) in [6.45, 7) is 3.40. The zero-order chi connectivity index (χ0) is 9.68. The van der Waals surface area contributed by atoms with Crippen molar-refractivity contribution in [2.24, 2.45) is 5.73 Å². The van der Waals surface area contributed by atoms with Crippen molar-refractivity contribution < 1.29 is 9.53 Å². The van der Waals surface area contributed by atoms with Crippen LogP contribution in [0.2, 0.25) is 0 Å². The molecule has 1 aliphatic rings. The van der Waals surface area contributed by atoms with Crippen LogP contribution in [-0.4, -0.2) is 31.2 Å². The minimum Gasteiger partial charge on any atom is -0.381 e. The lowest BCUT2D eigenvalue weighted by Crippen LogP contribution is -2.46. The average Bonchev–Trinajstić information content (AvgIpc) is 2.18. The Hall–Kier alpha value is -0.610. The lowest BCUT2D eigenvalue weighted by Gasteiger charge is -2.24. The molecule has 1 heterocycles. The molecule has 1 rings (SSSR count). The molecule has 0 aliphatic carbocycles. The monoisotopic (exact) mass is 186 g/mol. The fourth-order valence-corrected chi connectivity index (χ4v) is 1.34. The summed E-state index contributed by atoms with van der Waals surface area (Å²) in [4.78, 5) is 11.4. The summed E-state index contributed by atoms with van der Waals surface area (Å²) in [5.74, 6) is -0.0330. The first-order chi connectivity index (χ1) is 6.24. The Balaban J connectivity index is 2.26. The van der Waals surface area contributed by atoms with E-state index in [9.17, 15) is 4.79 Å². The number of carbonyl (C=O) groups excluding carboxylic acids is 1. The molecule has 1 aliphatic heterocycles. The van der Waals surface area contributed by atoms with Crippen LogP contribution in [0.5, 0.6) is 0 Å². The Kier molecular flexibility index (Phi) is 4.18. The molecule has 13 heavy (non-hydrogen) atoms. The Labute approximate surface area is 78.8 Å². The van der Waals surface area contributed by atoms with Gasteiger partial charge in [0.15, 0.2) is 0 Å². The first-order valence-corrected chi connectivity index (χ1v) is 4.87. The van der Waals surface area contributed by atoms with E-state index in [2.05, 4.69) is 5.32 Å². The Morgan fingerprint density at radius 3 is 2.77 bits per heavy atom. The van der Waals surface area contributed by atoms with Crippen molar-refractivity contribution in [2.75, 3.05) is 13.2 Å². The van der Waals surface area contributed by atoms with Crippen molar-refractivity contribution >= 4 is 5.91 Å². The summed E-state index contributed by atoms with van der Waals surface area (Å²) < 4.78 is 5.19. The Morgan fingerprint density at radius 1 is 1.62 bits per heavy atom. The number of carbonyl (C=O) groups is 1. The number of nitrogens with one attached hydrogen (secondary N) is 1. The molecule has 0 aromatic rings. The Bertz CT molecular complexity index is 167. The van der Waals surface area contributed by atoms with E-state index in [4.69, 9.17) is 10.5 Å². The third-order valence-corrected chi connectivity index (χ3v) is 2.34. The van der Waals surface area contributed by atoms with Gasteiger partial charge >= 0.3 is 0 Å². The second-order valence-corrected chi connectivity index (χ2v) is 3.41. The van der Waals surface area contributed by atoms with Crippen molar-refractivity contribution in [1.82, 2.24) is 5.32 Å². The highest BCUT2D eigenvalue weighted by atomic mass is 16.5. The standard InChI is InChI=1S/C9H18N2O2/c1-2-8(10)9(12)11-7-3-5-13-6-4-7/h7-8H,2-6,10H2,1H3,(H,11,12)/t8-/m1/s1. The summed E-state index contributed by atoms with van der Waals surface area (Å²) in [5, 5.41) is 2.93. The van der Waals surface area contributed by atoms with Crippen molar-refractivity contribution in [1.29, 1.82) is 0 Å². The molecule has 1 amide bonds. The largest absolute Gasteiger partial charge is 0.381 e. The number of amides is 1. The summed E-state index contributed by atoms with van der Waals surface area (Å²) in [6, 6.07) is -0.0957. The molecule has 0 saturated carbocycles. The fourth-order valence-electron chi connectivity index (χ4n) is 1.34. The van der Waals surface area contributed by atoms with Gasteiger partial charge in [-0.25, -0.2) is 0 Å². The maximum atomic E-state index is 11.4. The smallest absolute Gasteiger partial charge is 0.237 e. The van der Waals surface area contributed by atoms with E-state index in [1.165, 1.54) is 0 Å². The van der Waals surface area contributed by atoms with E-state index < -0.39 is 0 Å². The van der Waals surface area contributed by atoms with Gasteiger partial charge in [0.1, 0.15) is 0 Å². The normalized spacial score (nSPS) is 21.1. The van der Waals surface area contributed by atoms with E-state index in [0.29, 0.717) is 6.42 Å². The zero-order valence-electron chi connectivity index (χ0n) is 8.08. The highest BCUT2D eigenvalue weighted by Gasteiger charge is 2.18. The van der Waals surface area contributed by atoms with E-state index in [-0.39, 0.29) is 18.0 Å². The van der Waals surface area contributed by atoms with Gasteiger partial charge in [-0.05, 0) is 19.3 Å². The summed E-state index contributed by atoms with van der Waals surface area (Å²) in [5.41, 5.74) is 5.59. The molecule has 0 aromatic heterocycles. The van der Waals surface area contributed by atoms with Crippen LogP contribution in [0.1, 0.15) is 26.2 Å². The van der Waals surface area contributed by atoms with Crippen LogP contribution >= 0.6 is 0 Å². The van der Waals surface area contributed by atoms with E-state index in [1.54, 1.807) is 0 Å². The SMILES string of the molecule is CC[C@@H](N)C(=O)NC1CCOCC1. The van der Waals surface area contributed by atoms with Crippen molar-refractivity contribution in [3.05, 3.63) is 0 Å². The molecule has 4 nitrogen and oxygen atoms in total. The van der Waals surface area contributed by atoms with Gasteiger partial charge in [-0.3, -0.25) is 4.79 Å². The predicted octanol–water partition coefficient (Wildman–Crippen LogP) is 0.0189. The molecule has 1 atom stereocenters. The van der Waals surface area contributed by atoms with Gasteiger partial charge in [0.05, 0.1) is 6.04 Å².